The highest BCUT2D eigenvalue weighted by Gasteiger charge is 2.29. The Bertz CT molecular complexity index is 4010. The summed E-state index contributed by atoms with van der Waals surface area (Å²) in [5.74, 6) is 4.66. The number of halogens is 1. The van der Waals surface area contributed by atoms with E-state index in [-0.39, 0.29) is 41.6 Å². The number of amides is 2. The van der Waals surface area contributed by atoms with Crippen LogP contribution in [0, 0.1) is 17.7 Å². The number of para-hydroxylation sites is 2. The van der Waals surface area contributed by atoms with Gasteiger partial charge >= 0.3 is 5.97 Å². The predicted octanol–water partition coefficient (Wildman–Crippen LogP) is 13.1. The maximum atomic E-state index is 14.9. The zero-order valence-electron chi connectivity index (χ0n) is 49.1. The molecular formula is C66H67FN10O6S4. The molecule has 1 saturated heterocycles. The molecular weight excluding hydrogens is 1180 g/mol. The first kappa shape index (κ1) is 60.7. The molecule has 16 nitrogen and oxygen atoms in total. The normalized spacial score (nSPS) is 14.3. The Labute approximate surface area is 520 Å². The number of nitrogens with one attached hydrogen (secondary N) is 3. The maximum Gasteiger partial charge on any atom is 0.355 e. The third-order valence-electron chi connectivity index (χ3n) is 15.4. The molecule has 4 N–H and O–H groups in total. The number of carboxylic acid groups (broad SMARTS) is 1. The second kappa shape index (κ2) is 27.4. The topological polar surface area (TPSA) is 195 Å². The van der Waals surface area contributed by atoms with Gasteiger partial charge in [0.2, 0.25) is 0 Å². The number of nitrogens with zero attached hydrogens (tertiary/aromatic N) is 7. The summed E-state index contributed by atoms with van der Waals surface area (Å²) in [6.07, 6.45) is 4.61. The van der Waals surface area contributed by atoms with Crippen LogP contribution in [0.3, 0.4) is 0 Å². The molecule has 0 radical (unpaired) electrons. The number of aromatic nitrogens is 4. The van der Waals surface area contributed by atoms with E-state index in [0.29, 0.717) is 100 Å². The van der Waals surface area contributed by atoms with Crippen LogP contribution >= 0.6 is 45.3 Å². The van der Waals surface area contributed by atoms with Crippen LogP contribution in [0.25, 0.3) is 20.4 Å². The highest BCUT2D eigenvalue weighted by Crippen LogP contribution is 2.37. The zero-order valence-corrected chi connectivity index (χ0v) is 52.3. The van der Waals surface area contributed by atoms with Crippen LogP contribution in [0.15, 0.2) is 103 Å². The van der Waals surface area contributed by atoms with Gasteiger partial charge in [0.25, 0.3) is 11.8 Å². The Balaban J connectivity index is 0.000000202. The molecule has 5 aromatic carbocycles. The fourth-order valence-electron chi connectivity index (χ4n) is 11.1. The Morgan fingerprint density at radius 2 is 1.28 bits per heavy atom. The largest absolute Gasteiger partial charge is 0.491 e. The van der Waals surface area contributed by atoms with E-state index in [4.69, 9.17) is 4.74 Å². The molecule has 0 atom stereocenters. The van der Waals surface area contributed by atoms with Crippen molar-refractivity contribution < 1.29 is 33.4 Å². The van der Waals surface area contributed by atoms with Gasteiger partial charge in [-0.05, 0) is 121 Å². The number of piperidine rings is 1. The van der Waals surface area contributed by atoms with Crippen molar-refractivity contribution in [3.05, 3.63) is 169 Å². The standard InChI is InChI=1S/C41H43FN6O4S2.C25H24N4O2S2/c1-26(2)43-29-17-20-47(21-18-29)19-6-8-27-14-15-34(32(42)24-27)52-23-7-13-36-37(39(50)51)45-41(54-36)48-22-16-28-9-5-10-30(31(28)25-48)38(49)46-40-44-33-11-3-4-12-35(33)53-40;1-14(2)22-21(15(3)30)27-25(33-22)29-12-11-16-7-6-8-17(18(16)13-29)23(31)28-24-26-19-9-4-5-10-20(19)32-24/h3-5,9-12,14-15,24,26,29,43H,7,13,16-23,25H2,1-2H3,(H,50,51)(H,44,46,49);4-10,14H,11-13H2,1-3H3,(H,26,28,31). The lowest BCUT2D eigenvalue weighted by molar-refractivity contribution is 0.0689. The van der Waals surface area contributed by atoms with Crippen LogP contribution in [0.1, 0.15) is 139 Å². The number of benzene rings is 5. The highest BCUT2D eigenvalue weighted by molar-refractivity contribution is 7.22. The third-order valence-corrected chi connectivity index (χ3v) is 19.9. The Hall–Kier alpha value is -7.97. The summed E-state index contributed by atoms with van der Waals surface area (Å²) in [5, 5.41) is 22.1. The number of carbonyl (C=O) groups is 4. The average molecular weight is 1240 g/mol. The van der Waals surface area contributed by atoms with Crippen molar-refractivity contribution in [3.63, 3.8) is 0 Å². The number of hydrogen-bond acceptors (Lipinski definition) is 17. The number of fused-ring (bicyclic) bond motifs is 4. The third kappa shape index (κ3) is 14.6. The summed E-state index contributed by atoms with van der Waals surface area (Å²) in [4.78, 5) is 77.5. The number of rotatable bonds is 17. The van der Waals surface area contributed by atoms with Crippen molar-refractivity contribution in [2.45, 2.75) is 104 Å². The van der Waals surface area contributed by atoms with Crippen LogP contribution in [0.5, 0.6) is 5.75 Å². The van der Waals surface area contributed by atoms with Crippen LogP contribution in [-0.2, 0) is 32.4 Å². The van der Waals surface area contributed by atoms with Crippen molar-refractivity contribution in [1.29, 1.82) is 0 Å². The van der Waals surface area contributed by atoms with Gasteiger partial charge in [0.05, 0.1) is 33.6 Å². The van der Waals surface area contributed by atoms with Crippen LogP contribution < -0.4 is 30.5 Å². The minimum atomic E-state index is -1.10. The zero-order chi connectivity index (χ0) is 60.7. The number of ether oxygens (including phenoxy) is 1. The molecule has 448 valence electrons. The van der Waals surface area contributed by atoms with E-state index in [1.165, 1.54) is 45.6 Å². The molecule has 1 fully saturated rings. The first-order chi connectivity index (χ1) is 42.1. The van der Waals surface area contributed by atoms with Gasteiger partial charge in [0.1, 0.15) is 5.69 Å². The van der Waals surface area contributed by atoms with Gasteiger partial charge in [-0.2, -0.15) is 0 Å². The lowest BCUT2D eigenvalue weighted by Crippen LogP contribution is -2.44. The monoisotopic (exact) mass is 1240 g/mol. The molecule has 0 unspecified atom stereocenters. The molecule has 2 amide bonds. The number of anilines is 4. The van der Waals surface area contributed by atoms with Gasteiger partial charge in [0, 0.05) is 84.7 Å². The first-order valence-corrected chi connectivity index (χ1v) is 32.6. The van der Waals surface area contributed by atoms with E-state index in [1.807, 2.05) is 83.8 Å². The summed E-state index contributed by atoms with van der Waals surface area (Å²) in [6, 6.07) is 33.0. The van der Waals surface area contributed by atoms with Crippen molar-refractivity contribution in [1.82, 2.24) is 30.2 Å². The number of carboxylic acids is 1. The summed E-state index contributed by atoms with van der Waals surface area (Å²) >= 11 is 5.81. The number of Topliss-reactive ketones (excluding diaryl/α,β-unsaturated/α-hetero) is 1. The minimum Gasteiger partial charge on any atom is -0.491 e. The lowest BCUT2D eigenvalue weighted by atomic mass is 9.94. The van der Waals surface area contributed by atoms with Gasteiger partial charge < -0.3 is 25.0 Å². The summed E-state index contributed by atoms with van der Waals surface area (Å²) < 4.78 is 22.7. The molecule has 0 saturated carbocycles. The second-order valence-electron chi connectivity index (χ2n) is 22.4. The van der Waals surface area contributed by atoms with Gasteiger partial charge in [-0.1, -0.05) is 111 Å². The van der Waals surface area contributed by atoms with E-state index in [9.17, 15) is 28.7 Å². The quantitative estimate of drug-likeness (QED) is 0.0382. The van der Waals surface area contributed by atoms with Crippen molar-refractivity contribution >= 4 is 110 Å². The highest BCUT2D eigenvalue weighted by atomic mass is 32.1. The Morgan fingerprint density at radius 3 is 1.80 bits per heavy atom. The molecule has 12 rings (SSSR count). The summed E-state index contributed by atoms with van der Waals surface area (Å²) in [5.41, 5.74) is 8.25. The van der Waals surface area contributed by atoms with E-state index < -0.39 is 11.8 Å². The van der Waals surface area contributed by atoms with Gasteiger partial charge in [0.15, 0.2) is 43.6 Å². The van der Waals surface area contributed by atoms with E-state index in [0.717, 1.165) is 86.0 Å². The molecule has 4 aromatic heterocycles. The fourth-order valence-corrected chi connectivity index (χ4v) is 15.1. The van der Waals surface area contributed by atoms with E-state index in [2.05, 4.69) is 91.3 Å². The Morgan fingerprint density at radius 1 is 0.701 bits per heavy atom. The van der Waals surface area contributed by atoms with Gasteiger partial charge in [-0.25, -0.2) is 29.1 Å². The minimum absolute atomic E-state index is 0.00508. The number of likely N-dealkylation sites (tertiary alicyclic amines) is 1. The molecule has 9 aromatic rings. The van der Waals surface area contributed by atoms with Crippen LogP contribution in [-0.4, -0.2) is 105 Å². The number of thiazole rings is 4. The van der Waals surface area contributed by atoms with Crippen LogP contribution in [0.4, 0.5) is 24.9 Å². The summed E-state index contributed by atoms with van der Waals surface area (Å²) in [6.45, 7) is 15.4. The predicted molar refractivity (Wildman–Crippen MR) is 348 cm³/mol. The SMILES string of the molecule is CC(=O)c1nc(N2CCc3cccc(C(=O)Nc4nc5ccccc5s4)c3C2)sc1C(C)C.CC(C)NC1CCN(CC#Cc2ccc(OCCCc3sc(N4CCc5cccc(C(=O)Nc6nc7ccccc7s6)c5C4)nc3C(=O)O)c(F)c2)CC1. The molecule has 0 bridgehead atoms. The second-order valence-corrected chi connectivity index (χ2v) is 26.5. The van der Waals surface area contributed by atoms with Crippen molar-refractivity contribution in [2.24, 2.45) is 0 Å². The molecule has 0 spiro atoms. The smallest absolute Gasteiger partial charge is 0.355 e. The van der Waals surface area contributed by atoms with Crippen LogP contribution in [0.2, 0.25) is 0 Å². The Kier molecular flexibility index (Phi) is 19.1. The number of carbonyl (C=O) groups excluding carboxylic acids is 3. The van der Waals surface area contributed by atoms with Gasteiger partial charge in [-0.3, -0.25) is 29.9 Å². The van der Waals surface area contributed by atoms with Crippen molar-refractivity contribution in [3.8, 4) is 17.6 Å². The van der Waals surface area contributed by atoms with E-state index in [1.54, 1.807) is 30.4 Å². The van der Waals surface area contributed by atoms with Gasteiger partial charge in [-0.15, -0.1) is 22.7 Å². The molecule has 3 aliphatic rings. The molecule has 0 aliphatic carbocycles. The average Bonchev–Trinajstić information content (AvgIpc) is 3.65. The molecule has 7 heterocycles. The van der Waals surface area contributed by atoms with E-state index >= 15 is 0 Å². The molecule has 3 aliphatic heterocycles. The summed E-state index contributed by atoms with van der Waals surface area (Å²) in [7, 11) is 0. The first-order valence-electron chi connectivity index (χ1n) is 29.3. The number of ketones is 1. The van der Waals surface area contributed by atoms with Crippen molar-refractivity contribution in [2.75, 3.05) is 59.8 Å². The number of aryl methyl sites for hydroxylation is 1. The molecule has 87 heavy (non-hydrogen) atoms. The fraction of sp³-hybridized carbons (Fsp3) is 0.333. The lowest BCUT2D eigenvalue weighted by Gasteiger charge is -2.32. The maximum absolute atomic E-state index is 14.9. The number of hydrogen-bond donors (Lipinski definition) is 4. The number of aromatic carboxylic acids is 1. The molecule has 21 heteroatoms.